The Labute approximate surface area is 113 Å². The number of halogens is 3. The maximum Gasteiger partial charge on any atom is 0.151 e. The zero-order chi connectivity index (χ0) is 14.0. The van der Waals surface area contributed by atoms with Gasteiger partial charge in [-0.25, -0.2) is 8.78 Å². The Balaban J connectivity index is 2.44. The van der Waals surface area contributed by atoms with Crippen LogP contribution in [0.4, 0.5) is 25.8 Å². The predicted molar refractivity (Wildman–Crippen MR) is 72.1 cm³/mol. The van der Waals surface area contributed by atoms with Crippen LogP contribution < -0.4 is 15.8 Å². The largest absolute Gasteiger partial charge is 0.495 e. The lowest BCUT2D eigenvalue weighted by Gasteiger charge is -2.13. The Morgan fingerprint density at radius 1 is 1.16 bits per heavy atom. The third-order valence-electron chi connectivity index (χ3n) is 2.53. The van der Waals surface area contributed by atoms with E-state index in [2.05, 4.69) is 5.32 Å². The second-order valence-corrected chi connectivity index (χ2v) is 4.25. The van der Waals surface area contributed by atoms with Crippen molar-refractivity contribution in [3.8, 4) is 5.75 Å². The highest BCUT2D eigenvalue weighted by molar-refractivity contribution is 6.31. The Bertz CT molecular complexity index is 620. The second-order valence-electron chi connectivity index (χ2n) is 3.82. The minimum Gasteiger partial charge on any atom is -0.495 e. The maximum atomic E-state index is 13.3. The summed E-state index contributed by atoms with van der Waals surface area (Å²) in [7, 11) is 1.48. The van der Waals surface area contributed by atoms with Crippen LogP contribution in [0.5, 0.6) is 5.75 Å². The number of nitrogens with two attached hydrogens (primary N) is 1. The van der Waals surface area contributed by atoms with Crippen molar-refractivity contribution in [2.24, 2.45) is 0 Å². The lowest BCUT2D eigenvalue weighted by molar-refractivity contribution is 0.417. The third-order valence-corrected chi connectivity index (χ3v) is 2.76. The van der Waals surface area contributed by atoms with Gasteiger partial charge >= 0.3 is 0 Å². The van der Waals surface area contributed by atoms with Crippen LogP contribution in [0.2, 0.25) is 5.02 Å². The van der Waals surface area contributed by atoms with E-state index < -0.39 is 11.6 Å². The molecule has 0 atom stereocenters. The highest BCUT2D eigenvalue weighted by Crippen LogP contribution is 2.33. The van der Waals surface area contributed by atoms with Crippen LogP contribution in [-0.2, 0) is 0 Å². The Hall–Kier alpha value is -2.01. The lowest BCUT2D eigenvalue weighted by atomic mass is 10.2. The molecular weight excluding hydrogens is 274 g/mol. The molecule has 0 saturated heterocycles. The summed E-state index contributed by atoms with van der Waals surface area (Å²) in [4.78, 5) is 0. The predicted octanol–water partition coefficient (Wildman–Crippen LogP) is 3.95. The molecule has 2 aromatic rings. The number of rotatable bonds is 3. The Morgan fingerprint density at radius 2 is 1.89 bits per heavy atom. The van der Waals surface area contributed by atoms with Gasteiger partial charge in [-0.1, -0.05) is 11.6 Å². The first-order chi connectivity index (χ1) is 9.01. The van der Waals surface area contributed by atoms with Crippen LogP contribution in [0.15, 0.2) is 30.3 Å². The molecule has 0 amide bonds. The normalized spacial score (nSPS) is 10.3. The molecule has 0 unspecified atom stereocenters. The first-order valence-corrected chi connectivity index (χ1v) is 5.74. The monoisotopic (exact) mass is 284 g/mol. The van der Waals surface area contributed by atoms with Crippen LogP contribution in [0, 0.1) is 11.6 Å². The van der Waals surface area contributed by atoms with Gasteiger partial charge in [0.2, 0.25) is 0 Å². The maximum absolute atomic E-state index is 13.3. The molecule has 3 N–H and O–H groups in total. The van der Waals surface area contributed by atoms with Gasteiger partial charge in [0.05, 0.1) is 24.2 Å². The zero-order valence-electron chi connectivity index (χ0n) is 10.0. The number of ether oxygens (including phenoxy) is 1. The fourth-order valence-corrected chi connectivity index (χ4v) is 1.78. The van der Waals surface area contributed by atoms with Crippen LogP contribution in [0.3, 0.4) is 0 Å². The van der Waals surface area contributed by atoms with Crippen LogP contribution >= 0.6 is 11.6 Å². The summed E-state index contributed by atoms with van der Waals surface area (Å²) >= 11 is 5.87. The summed E-state index contributed by atoms with van der Waals surface area (Å²) in [5.41, 5.74) is 5.95. The molecule has 0 aromatic heterocycles. The van der Waals surface area contributed by atoms with Gasteiger partial charge in [-0.15, -0.1) is 0 Å². The van der Waals surface area contributed by atoms with E-state index in [0.29, 0.717) is 16.5 Å². The van der Waals surface area contributed by atoms with E-state index >= 15 is 0 Å². The van der Waals surface area contributed by atoms with Crippen LogP contribution in [0.1, 0.15) is 0 Å². The number of anilines is 3. The molecule has 0 bridgehead atoms. The van der Waals surface area contributed by atoms with Crippen molar-refractivity contribution >= 4 is 28.7 Å². The van der Waals surface area contributed by atoms with Gasteiger partial charge in [-0.2, -0.15) is 0 Å². The number of hydrogen-bond donors (Lipinski definition) is 2. The van der Waals surface area contributed by atoms with Crippen molar-refractivity contribution in [1.82, 2.24) is 0 Å². The van der Waals surface area contributed by atoms with Gasteiger partial charge in [0.15, 0.2) is 5.82 Å². The average Bonchev–Trinajstić information content (AvgIpc) is 2.35. The van der Waals surface area contributed by atoms with E-state index in [0.717, 1.165) is 12.1 Å². The van der Waals surface area contributed by atoms with E-state index in [4.69, 9.17) is 22.1 Å². The van der Waals surface area contributed by atoms with Crippen LogP contribution in [-0.4, -0.2) is 7.11 Å². The first-order valence-electron chi connectivity index (χ1n) is 5.36. The molecule has 6 heteroatoms. The van der Waals surface area contributed by atoms with Crippen molar-refractivity contribution in [3.05, 3.63) is 47.0 Å². The quantitative estimate of drug-likeness (QED) is 0.839. The summed E-state index contributed by atoms with van der Waals surface area (Å²) in [5.74, 6) is -1.08. The molecule has 0 saturated carbocycles. The number of methoxy groups -OCH3 is 1. The van der Waals surface area contributed by atoms with Gasteiger partial charge in [0, 0.05) is 11.1 Å². The number of nitrogens with one attached hydrogen (secondary N) is 1. The first kappa shape index (κ1) is 13.4. The average molecular weight is 285 g/mol. The molecule has 0 aliphatic heterocycles. The molecule has 3 nitrogen and oxygen atoms in total. The van der Waals surface area contributed by atoms with Crippen LogP contribution in [0.25, 0.3) is 0 Å². The van der Waals surface area contributed by atoms with E-state index in [1.807, 2.05) is 0 Å². The van der Waals surface area contributed by atoms with Gasteiger partial charge in [-0.3, -0.25) is 0 Å². The molecule has 2 aromatic carbocycles. The van der Waals surface area contributed by atoms with E-state index in [9.17, 15) is 8.78 Å². The fourth-order valence-electron chi connectivity index (χ4n) is 1.61. The molecule has 0 aliphatic carbocycles. The van der Waals surface area contributed by atoms with E-state index in [-0.39, 0.29) is 11.4 Å². The molecule has 0 radical (unpaired) electrons. The summed E-state index contributed by atoms with van der Waals surface area (Å²) in [6, 6.07) is 6.66. The fraction of sp³-hybridized carbons (Fsp3) is 0.0769. The molecular formula is C13H11ClF2N2O. The molecule has 2 rings (SSSR count). The Kier molecular flexibility index (Phi) is 3.76. The minimum absolute atomic E-state index is 0.109. The van der Waals surface area contributed by atoms with Gasteiger partial charge in [0.25, 0.3) is 0 Å². The van der Waals surface area contributed by atoms with Crippen molar-refractivity contribution < 1.29 is 13.5 Å². The highest BCUT2D eigenvalue weighted by atomic mass is 35.5. The summed E-state index contributed by atoms with van der Waals surface area (Å²) in [5, 5.41) is 3.26. The second kappa shape index (κ2) is 5.32. The highest BCUT2D eigenvalue weighted by Gasteiger charge is 2.11. The number of benzene rings is 2. The third kappa shape index (κ3) is 2.88. The zero-order valence-corrected chi connectivity index (χ0v) is 10.8. The Morgan fingerprint density at radius 3 is 2.58 bits per heavy atom. The molecule has 100 valence electrons. The number of hydrogen-bond acceptors (Lipinski definition) is 3. The van der Waals surface area contributed by atoms with E-state index in [1.165, 1.54) is 7.11 Å². The molecule has 0 aliphatic rings. The summed E-state index contributed by atoms with van der Waals surface area (Å²) in [6.07, 6.45) is 0. The number of nitrogen functional groups attached to an aromatic ring is 1. The SMILES string of the molecule is COc1ccc(Cl)cc1Nc1cc(F)cc(F)c1N. The van der Waals surface area contributed by atoms with Crippen molar-refractivity contribution in [3.63, 3.8) is 0 Å². The molecule has 0 heterocycles. The summed E-state index contributed by atoms with van der Waals surface area (Å²) in [6.45, 7) is 0. The van der Waals surface area contributed by atoms with Crippen molar-refractivity contribution in [2.75, 3.05) is 18.2 Å². The molecule has 19 heavy (non-hydrogen) atoms. The minimum atomic E-state index is -0.830. The van der Waals surface area contributed by atoms with Gasteiger partial charge in [-0.05, 0) is 24.3 Å². The van der Waals surface area contributed by atoms with Gasteiger partial charge < -0.3 is 15.8 Å². The standard InChI is InChI=1S/C13H11ClF2N2O/c1-19-12-3-2-7(14)4-10(12)18-11-6-8(15)5-9(16)13(11)17/h2-6,18H,17H2,1H3. The molecule has 0 fully saturated rings. The summed E-state index contributed by atoms with van der Waals surface area (Å²) < 4.78 is 31.6. The molecule has 0 spiro atoms. The van der Waals surface area contributed by atoms with E-state index in [1.54, 1.807) is 18.2 Å². The smallest absolute Gasteiger partial charge is 0.151 e. The van der Waals surface area contributed by atoms with Crippen molar-refractivity contribution in [2.45, 2.75) is 0 Å². The van der Waals surface area contributed by atoms with Gasteiger partial charge in [0.1, 0.15) is 11.6 Å². The lowest BCUT2D eigenvalue weighted by Crippen LogP contribution is -2.01. The topological polar surface area (TPSA) is 47.3 Å². The van der Waals surface area contributed by atoms with Crippen molar-refractivity contribution in [1.29, 1.82) is 0 Å².